The molecule has 2 heteroatoms. The highest BCUT2D eigenvalue weighted by Gasteiger charge is 2.51. The number of halogens is 1. The minimum atomic E-state index is -0.456. The molecule has 0 aliphatic heterocycles. The fraction of sp³-hybridized carbons (Fsp3) is 0.0204. The maximum Gasteiger partial charge on any atom is 0.123 e. The van der Waals surface area contributed by atoms with E-state index in [-0.39, 0.29) is 5.82 Å². The Labute approximate surface area is 295 Å². The molecular weight excluding hydrogens is 622 g/mol. The molecule has 11 rings (SSSR count). The van der Waals surface area contributed by atoms with Gasteiger partial charge >= 0.3 is 0 Å². The first kappa shape index (κ1) is 28.3. The van der Waals surface area contributed by atoms with Crippen molar-refractivity contribution < 1.29 is 4.39 Å². The zero-order chi connectivity index (χ0) is 33.7. The highest BCUT2D eigenvalue weighted by atomic mass is 19.1. The van der Waals surface area contributed by atoms with Gasteiger partial charge < -0.3 is 4.90 Å². The van der Waals surface area contributed by atoms with Crippen LogP contribution in [-0.2, 0) is 5.41 Å². The third-order valence-corrected chi connectivity index (χ3v) is 11.3. The van der Waals surface area contributed by atoms with Gasteiger partial charge in [-0.15, -0.1) is 0 Å². The second-order valence-corrected chi connectivity index (χ2v) is 13.7. The Hall–Kier alpha value is -6.51. The van der Waals surface area contributed by atoms with Crippen LogP contribution in [0.4, 0.5) is 21.5 Å². The average molecular weight is 652 g/mol. The van der Waals surface area contributed by atoms with Gasteiger partial charge in [0.05, 0.1) is 5.41 Å². The van der Waals surface area contributed by atoms with Crippen LogP contribution >= 0.6 is 0 Å². The van der Waals surface area contributed by atoms with Gasteiger partial charge in [-0.3, -0.25) is 0 Å². The van der Waals surface area contributed by atoms with Crippen molar-refractivity contribution >= 4 is 49.4 Å². The number of hydrogen-bond donors (Lipinski definition) is 0. The fourth-order valence-corrected chi connectivity index (χ4v) is 9.29. The molecule has 2 aliphatic carbocycles. The van der Waals surface area contributed by atoms with Gasteiger partial charge in [-0.05, 0) is 125 Å². The first-order valence-corrected chi connectivity index (χ1v) is 17.5. The molecule has 9 aromatic rings. The summed E-state index contributed by atoms with van der Waals surface area (Å²) in [6.45, 7) is 0. The summed E-state index contributed by atoms with van der Waals surface area (Å²) in [5.74, 6) is -0.253. The third-order valence-electron chi connectivity index (χ3n) is 11.3. The minimum Gasteiger partial charge on any atom is -0.310 e. The van der Waals surface area contributed by atoms with Crippen molar-refractivity contribution in [2.24, 2.45) is 0 Å². The second kappa shape index (κ2) is 10.5. The summed E-state index contributed by atoms with van der Waals surface area (Å²) < 4.78 is 14.5. The van der Waals surface area contributed by atoms with Gasteiger partial charge in [-0.25, -0.2) is 4.39 Å². The molecule has 0 amide bonds. The van der Waals surface area contributed by atoms with E-state index in [9.17, 15) is 4.39 Å². The van der Waals surface area contributed by atoms with Crippen LogP contribution in [0.3, 0.4) is 0 Å². The van der Waals surface area contributed by atoms with Gasteiger partial charge in [0.15, 0.2) is 0 Å². The Kier molecular flexibility index (Phi) is 5.83. The summed E-state index contributed by atoms with van der Waals surface area (Å²) in [5.41, 5.74) is 12.8. The molecule has 2 aliphatic rings. The van der Waals surface area contributed by atoms with Gasteiger partial charge in [0.1, 0.15) is 5.82 Å². The average Bonchev–Trinajstić information content (AvgIpc) is 3.66. The van der Waals surface area contributed by atoms with Gasteiger partial charge in [0.25, 0.3) is 0 Å². The molecule has 0 N–H and O–H groups in total. The van der Waals surface area contributed by atoms with Gasteiger partial charge in [0, 0.05) is 17.1 Å². The molecule has 0 saturated carbocycles. The monoisotopic (exact) mass is 651 g/mol. The molecule has 0 radical (unpaired) electrons. The number of hydrogen-bond acceptors (Lipinski definition) is 1. The molecule has 0 atom stereocenters. The lowest BCUT2D eigenvalue weighted by atomic mass is 9.70. The number of anilines is 3. The number of nitrogens with zero attached hydrogens (tertiary/aromatic N) is 1. The van der Waals surface area contributed by atoms with E-state index in [0.29, 0.717) is 0 Å². The van der Waals surface area contributed by atoms with Crippen molar-refractivity contribution in [3.8, 4) is 22.3 Å². The lowest BCUT2D eigenvalue weighted by Crippen LogP contribution is -2.26. The predicted molar refractivity (Wildman–Crippen MR) is 210 cm³/mol. The van der Waals surface area contributed by atoms with E-state index < -0.39 is 5.41 Å². The van der Waals surface area contributed by atoms with Crippen molar-refractivity contribution in [2.45, 2.75) is 5.41 Å². The van der Waals surface area contributed by atoms with Gasteiger partial charge in [-0.1, -0.05) is 133 Å². The topological polar surface area (TPSA) is 3.24 Å². The SMILES string of the molecule is Fc1ccc(N(c2ccc3c(c2)C2(c4ccccc4-c4ccccc42)c2ccccc2-3)c2ccc3c4ccccc4c4ccccc4c3c2)cc1. The predicted octanol–water partition coefficient (Wildman–Crippen LogP) is 13.1. The van der Waals surface area contributed by atoms with E-state index in [4.69, 9.17) is 0 Å². The second-order valence-electron chi connectivity index (χ2n) is 13.7. The van der Waals surface area contributed by atoms with Crippen LogP contribution in [0.1, 0.15) is 22.3 Å². The van der Waals surface area contributed by atoms with Crippen LogP contribution in [0.25, 0.3) is 54.6 Å². The molecule has 51 heavy (non-hydrogen) atoms. The Morgan fingerprint density at radius 2 is 0.706 bits per heavy atom. The first-order valence-electron chi connectivity index (χ1n) is 17.5. The lowest BCUT2D eigenvalue weighted by Gasteiger charge is -2.32. The van der Waals surface area contributed by atoms with E-state index in [1.807, 2.05) is 12.1 Å². The zero-order valence-electron chi connectivity index (χ0n) is 27.6. The molecule has 1 nitrogen and oxygen atoms in total. The normalized spacial score (nSPS) is 13.4. The van der Waals surface area contributed by atoms with Crippen LogP contribution in [0.2, 0.25) is 0 Å². The lowest BCUT2D eigenvalue weighted by molar-refractivity contribution is 0.628. The Morgan fingerprint density at radius 1 is 0.314 bits per heavy atom. The first-order chi connectivity index (χ1) is 25.2. The van der Waals surface area contributed by atoms with E-state index in [2.05, 4.69) is 163 Å². The fourth-order valence-electron chi connectivity index (χ4n) is 9.29. The number of rotatable bonds is 3. The quantitative estimate of drug-likeness (QED) is 0.172. The molecule has 0 bridgehead atoms. The summed E-state index contributed by atoms with van der Waals surface area (Å²) in [5, 5.41) is 7.36. The minimum absolute atomic E-state index is 0.253. The summed E-state index contributed by atoms with van der Waals surface area (Å²) in [4.78, 5) is 2.28. The summed E-state index contributed by atoms with van der Waals surface area (Å²) in [7, 11) is 0. The molecule has 0 fully saturated rings. The van der Waals surface area contributed by atoms with E-state index in [1.165, 1.54) is 76.8 Å². The Morgan fingerprint density at radius 3 is 1.25 bits per heavy atom. The van der Waals surface area contributed by atoms with Crippen molar-refractivity contribution in [1.82, 2.24) is 0 Å². The molecule has 9 aromatic carbocycles. The van der Waals surface area contributed by atoms with Gasteiger partial charge in [-0.2, -0.15) is 0 Å². The molecule has 238 valence electrons. The van der Waals surface area contributed by atoms with Gasteiger partial charge in [0.2, 0.25) is 0 Å². The molecule has 0 heterocycles. The van der Waals surface area contributed by atoms with E-state index in [1.54, 1.807) is 12.1 Å². The van der Waals surface area contributed by atoms with Crippen molar-refractivity contribution in [2.75, 3.05) is 4.90 Å². The number of benzene rings is 9. The largest absolute Gasteiger partial charge is 0.310 e. The molecule has 1 spiro atoms. The van der Waals surface area contributed by atoms with Crippen LogP contribution < -0.4 is 4.90 Å². The summed E-state index contributed by atoms with van der Waals surface area (Å²) in [6.07, 6.45) is 0. The summed E-state index contributed by atoms with van der Waals surface area (Å²) >= 11 is 0. The standard InChI is InChI=1S/C49H30FN/c50-31-21-23-32(24-22-31)51(33-25-27-39-37-13-2-1-11-35(37)36-12-3-4-14-38(36)44(39)29-33)34-26-28-43-42-17-7-10-20-47(42)49(48(43)30-34)45-18-8-5-15-40(45)41-16-6-9-19-46(41)49/h1-30H. The van der Waals surface area contributed by atoms with E-state index in [0.717, 1.165) is 17.1 Å². The maximum atomic E-state index is 14.5. The highest BCUT2D eigenvalue weighted by molar-refractivity contribution is 6.25. The molecular formula is C49H30FN. The smallest absolute Gasteiger partial charge is 0.123 e. The molecule has 0 aromatic heterocycles. The highest BCUT2D eigenvalue weighted by Crippen LogP contribution is 2.63. The maximum absolute atomic E-state index is 14.5. The van der Waals surface area contributed by atoms with Crippen molar-refractivity contribution in [3.63, 3.8) is 0 Å². The van der Waals surface area contributed by atoms with Crippen molar-refractivity contribution in [3.05, 3.63) is 210 Å². The number of fused-ring (bicyclic) bond motifs is 16. The van der Waals surface area contributed by atoms with Crippen molar-refractivity contribution in [1.29, 1.82) is 0 Å². The van der Waals surface area contributed by atoms with E-state index >= 15 is 0 Å². The molecule has 0 saturated heterocycles. The third kappa shape index (κ3) is 3.79. The van der Waals surface area contributed by atoms with Crippen LogP contribution in [-0.4, -0.2) is 0 Å². The zero-order valence-corrected chi connectivity index (χ0v) is 27.6. The Balaban J connectivity index is 1.20. The molecule has 0 unspecified atom stereocenters. The van der Waals surface area contributed by atoms with Crippen LogP contribution in [0.15, 0.2) is 182 Å². The van der Waals surface area contributed by atoms with Crippen LogP contribution in [0.5, 0.6) is 0 Å². The Bertz CT molecular complexity index is 2790. The van der Waals surface area contributed by atoms with Crippen LogP contribution in [0, 0.1) is 5.82 Å². The summed E-state index contributed by atoms with van der Waals surface area (Å²) in [6, 6.07) is 64.6.